The van der Waals surface area contributed by atoms with Crippen LogP contribution in [0.2, 0.25) is 5.15 Å². The first-order valence-electron chi connectivity index (χ1n) is 4.30. The molecule has 0 aliphatic rings. The molecule has 2 N–H and O–H groups in total. The summed E-state index contributed by atoms with van der Waals surface area (Å²) in [7, 11) is 0. The van der Waals surface area contributed by atoms with Crippen LogP contribution in [0, 0.1) is 0 Å². The molecule has 1 heterocycles. The summed E-state index contributed by atoms with van der Waals surface area (Å²) in [5.41, 5.74) is 7.62. The second-order valence-corrected chi connectivity index (χ2v) is 4.51. The lowest BCUT2D eigenvalue weighted by molar-refractivity contribution is 0.588. The molecule has 0 amide bonds. The Morgan fingerprint density at radius 1 is 1.38 bits per heavy atom. The quantitative estimate of drug-likeness (QED) is 0.705. The van der Waals surface area contributed by atoms with Gasteiger partial charge >= 0.3 is 0 Å². The van der Waals surface area contributed by atoms with Gasteiger partial charge in [-0.1, -0.05) is 32.4 Å². The average molecular weight is 199 g/mol. The Balaban J connectivity index is 3.16. The van der Waals surface area contributed by atoms with Crippen molar-refractivity contribution in [3.8, 4) is 0 Å². The molecule has 0 aliphatic carbocycles. The van der Waals surface area contributed by atoms with Crippen molar-refractivity contribution in [2.24, 2.45) is 5.73 Å². The lowest BCUT2D eigenvalue weighted by Gasteiger charge is -2.19. The summed E-state index contributed by atoms with van der Waals surface area (Å²) >= 11 is 5.87. The second kappa shape index (κ2) is 3.64. The number of nitrogens with two attached hydrogens (primary N) is 1. The van der Waals surface area contributed by atoms with Crippen LogP contribution in [-0.2, 0) is 12.0 Å². The third-order valence-electron chi connectivity index (χ3n) is 1.92. The molecule has 0 unspecified atom stereocenters. The fraction of sp³-hybridized carbons (Fsp3) is 0.500. The molecule has 2 nitrogen and oxygen atoms in total. The van der Waals surface area contributed by atoms with Crippen LogP contribution < -0.4 is 5.73 Å². The number of aromatic nitrogens is 1. The predicted octanol–water partition coefficient (Wildman–Crippen LogP) is 2.49. The Hall–Kier alpha value is -0.600. The van der Waals surface area contributed by atoms with Gasteiger partial charge in [0, 0.05) is 6.54 Å². The van der Waals surface area contributed by atoms with Crippen LogP contribution >= 0.6 is 11.6 Å². The Labute approximate surface area is 84.1 Å². The molecular weight excluding hydrogens is 184 g/mol. The fourth-order valence-electron chi connectivity index (χ4n) is 1.09. The largest absolute Gasteiger partial charge is 0.325 e. The van der Waals surface area contributed by atoms with E-state index in [0.29, 0.717) is 11.7 Å². The Kier molecular flexibility index (Phi) is 2.94. The molecule has 3 heteroatoms. The van der Waals surface area contributed by atoms with E-state index in [1.807, 2.05) is 12.1 Å². The molecule has 0 aromatic carbocycles. The SMILES string of the molecule is CC(C)(C)c1cc(Cl)nc(CN)c1. The maximum Gasteiger partial charge on any atom is 0.129 e. The van der Waals surface area contributed by atoms with E-state index in [1.165, 1.54) is 5.56 Å². The molecule has 0 saturated carbocycles. The summed E-state index contributed by atoms with van der Waals surface area (Å²) in [6.07, 6.45) is 0. The van der Waals surface area contributed by atoms with Crippen LogP contribution in [0.5, 0.6) is 0 Å². The van der Waals surface area contributed by atoms with E-state index in [9.17, 15) is 0 Å². The number of hydrogen-bond donors (Lipinski definition) is 1. The summed E-state index contributed by atoms with van der Waals surface area (Å²) in [5, 5.41) is 0.521. The third-order valence-corrected chi connectivity index (χ3v) is 2.12. The minimum atomic E-state index is 0.0938. The maximum absolute atomic E-state index is 5.87. The zero-order chi connectivity index (χ0) is 10.1. The number of pyridine rings is 1. The molecule has 0 saturated heterocycles. The van der Waals surface area contributed by atoms with Crippen molar-refractivity contribution >= 4 is 11.6 Å². The van der Waals surface area contributed by atoms with Crippen molar-refractivity contribution in [1.82, 2.24) is 4.98 Å². The first-order valence-corrected chi connectivity index (χ1v) is 4.68. The standard InChI is InChI=1S/C10H15ClN2/c1-10(2,3)7-4-8(6-12)13-9(11)5-7/h4-5H,6,12H2,1-3H3. The van der Waals surface area contributed by atoms with Gasteiger partial charge in [-0.05, 0) is 23.1 Å². The molecule has 72 valence electrons. The van der Waals surface area contributed by atoms with Crippen LogP contribution in [0.4, 0.5) is 0 Å². The fourth-order valence-corrected chi connectivity index (χ4v) is 1.31. The smallest absolute Gasteiger partial charge is 0.129 e. The minimum Gasteiger partial charge on any atom is -0.325 e. The number of hydrogen-bond acceptors (Lipinski definition) is 2. The zero-order valence-corrected chi connectivity index (χ0v) is 9.02. The Morgan fingerprint density at radius 3 is 2.46 bits per heavy atom. The topological polar surface area (TPSA) is 38.9 Å². The average Bonchev–Trinajstić information content (AvgIpc) is 2.01. The van der Waals surface area contributed by atoms with E-state index in [2.05, 4.69) is 25.8 Å². The van der Waals surface area contributed by atoms with E-state index in [4.69, 9.17) is 17.3 Å². The first-order chi connectivity index (χ1) is 5.93. The van der Waals surface area contributed by atoms with Crippen LogP contribution in [0.15, 0.2) is 12.1 Å². The summed E-state index contributed by atoms with van der Waals surface area (Å²) in [4.78, 5) is 4.11. The van der Waals surface area contributed by atoms with Gasteiger partial charge in [0.05, 0.1) is 5.69 Å². The van der Waals surface area contributed by atoms with E-state index in [0.717, 1.165) is 5.69 Å². The molecule has 1 rings (SSSR count). The highest BCUT2D eigenvalue weighted by atomic mass is 35.5. The van der Waals surface area contributed by atoms with Gasteiger partial charge < -0.3 is 5.73 Å². The molecule has 13 heavy (non-hydrogen) atoms. The van der Waals surface area contributed by atoms with Crippen molar-refractivity contribution in [2.45, 2.75) is 32.7 Å². The number of halogens is 1. The molecule has 0 radical (unpaired) electrons. The van der Waals surface area contributed by atoms with Crippen molar-refractivity contribution in [3.05, 3.63) is 28.5 Å². The maximum atomic E-state index is 5.87. The second-order valence-electron chi connectivity index (χ2n) is 4.12. The van der Waals surface area contributed by atoms with Gasteiger partial charge in [-0.25, -0.2) is 4.98 Å². The first kappa shape index (κ1) is 10.5. The summed E-state index contributed by atoms with van der Waals surface area (Å²) in [5.74, 6) is 0. The molecule has 0 spiro atoms. The van der Waals surface area contributed by atoms with Gasteiger partial charge in [-0.2, -0.15) is 0 Å². The van der Waals surface area contributed by atoms with Gasteiger partial charge in [-0.3, -0.25) is 0 Å². The Morgan fingerprint density at radius 2 is 2.00 bits per heavy atom. The molecule has 0 fully saturated rings. The van der Waals surface area contributed by atoms with Gasteiger partial charge in [0.25, 0.3) is 0 Å². The van der Waals surface area contributed by atoms with E-state index >= 15 is 0 Å². The Bertz CT molecular complexity index is 302. The monoisotopic (exact) mass is 198 g/mol. The van der Waals surface area contributed by atoms with E-state index in [1.54, 1.807) is 0 Å². The highest BCUT2D eigenvalue weighted by Gasteiger charge is 2.15. The number of nitrogens with zero attached hydrogens (tertiary/aromatic N) is 1. The molecule has 1 aromatic rings. The molecule has 1 aromatic heterocycles. The van der Waals surface area contributed by atoms with Gasteiger partial charge in [0.2, 0.25) is 0 Å². The van der Waals surface area contributed by atoms with Crippen molar-refractivity contribution in [2.75, 3.05) is 0 Å². The van der Waals surface area contributed by atoms with Crippen LogP contribution in [0.25, 0.3) is 0 Å². The summed E-state index contributed by atoms with van der Waals surface area (Å²) in [6, 6.07) is 3.90. The van der Waals surface area contributed by atoms with Gasteiger partial charge in [0.1, 0.15) is 5.15 Å². The van der Waals surface area contributed by atoms with Crippen LogP contribution in [0.3, 0.4) is 0 Å². The highest BCUT2D eigenvalue weighted by Crippen LogP contribution is 2.24. The van der Waals surface area contributed by atoms with Crippen LogP contribution in [-0.4, -0.2) is 4.98 Å². The number of rotatable bonds is 1. The minimum absolute atomic E-state index is 0.0938. The van der Waals surface area contributed by atoms with Crippen molar-refractivity contribution in [3.63, 3.8) is 0 Å². The third kappa shape index (κ3) is 2.68. The van der Waals surface area contributed by atoms with Crippen molar-refractivity contribution in [1.29, 1.82) is 0 Å². The molecule has 0 bridgehead atoms. The van der Waals surface area contributed by atoms with Crippen LogP contribution in [0.1, 0.15) is 32.0 Å². The van der Waals surface area contributed by atoms with E-state index in [-0.39, 0.29) is 5.41 Å². The van der Waals surface area contributed by atoms with Gasteiger partial charge in [-0.15, -0.1) is 0 Å². The summed E-state index contributed by atoms with van der Waals surface area (Å²) < 4.78 is 0. The highest BCUT2D eigenvalue weighted by molar-refractivity contribution is 6.29. The molecular formula is C10H15ClN2. The van der Waals surface area contributed by atoms with E-state index < -0.39 is 0 Å². The van der Waals surface area contributed by atoms with Crippen molar-refractivity contribution < 1.29 is 0 Å². The summed E-state index contributed by atoms with van der Waals surface area (Å²) in [6.45, 7) is 6.85. The predicted molar refractivity (Wildman–Crippen MR) is 55.8 cm³/mol. The lowest BCUT2D eigenvalue weighted by atomic mass is 9.87. The zero-order valence-electron chi connectivity index (χ0n) is 8.26. The molecule has 0 aliphatic heterocycles. The van der Waals surface area contributed by atoms with Gasteiger partial charge in [0.15, 0.2) is 0 Å². The normalized spacial score (nSPS) is 11.8. The lowest BCUT2D eigenvalue weighted by Crippen LogP contribution is -2.13. The molecule has 0 atom stereocenters.